The Hall–Kier alpha value is -3.61. The summed E-state index contributed by atoms with van der Waals surface area (Å²) in [4.78, 5) is 17.4. The van der Waals surface area contributed by atoms with Gasteiger partial charge in [-0.05, 0) is 17.7 Å². The van der Waals surface area contributed by atoms with Crippen LogP contribution in [0.25, 0.3) is 0 Å². The van der Waals surface area contributed by atoms with Crippen LogP contribution in [0, 0.1) is 0 Å². The third-order valence-corrected chi connectivity index (χ3v) is 4.83. The van der Waals surface area contributed by atoms with Gasteiger partial charge < -0.3 is 9.47 Å². The summed E-state index contributed by atoms with van der Waals surface area (Å²) in [5, 5.41) is 0. The van der Waals surface area contributed by atoms with Gasteiger partial charge in [0.15, 0.2) is 6.04 Å². The second-order valence-electron chi connectivity index (χ2n) is 7.31. The zero-order chi connectivity index (χ0) is 23.7. The SMILES string of the molecule is COC(=O)C(Cc1cccc(OCCC(F)(F)F)c1)N=C(c1ccccc1)c1ccccc1. The molecule has 0 bridgehead atoms. The molecule has 3 rings (SSSR count). The lowest BCUT2D eigenvalue weighted by Gasteiger charge is -2.15. The molecule has 0 saturated carbocycles. The van der Waals surface area contributed by atoms with Gasteiger partial charge in [0.05, 0.1) is 25.8 Å². The number of hydrogen-bond donors (Lipinski definition) is 0. The summed E-state index contributed by atoms with van der Waals surface area (Å²) in [6.07, 6.45) is -5.12. The maximum Gasteiger partial charge on any atom is 0.392 e. The van der Waals surface area contributed by atoms with Crippen LogP contribution in [0.5, 0.6) is 5.75 Å². The first kappa shape index (κ1) is 24.0. The van der Waals surface area contributed by atoms with Crippen LogP contribution in [0.3, 0.4) is 0 Å². The van der Waals surface area contributed by atoms with Crippen molar-refractivity contribution in [2.75, 3.05) is 13.7 Å². The van der Waals surface area contributed by atoms with E-state index in [1.807, 2.05) is 60.7 Å². The highest BCUT2D eigenvalue weighted by atomic mass is 19.4. The molecule has 0 fully saturated rings. The number of ether oxygens (including phenoxy) is 2. The van der Waals surface area contributed by atoms with Gasteiger partial charge in [-0.25, -0.2) is 4.79 Å². The van der Waals surface area contributed by atoms with Crippen molar-refractivity contribution in [3.8, 4) is 5.75 Å². The van der Waals surface area contributed by atoms with Crippen molar-refractivity contribution in [2.45, 2.75) is 25.1 Å². The number of rotatable bonds is 9. The molecule has 0 spiro atoms. The first-order valence-electron chi connectivity index (χ1n) is 10.4. The predicted molar refractivity (Wildman–Crippen MR) is 121 cm³/mol. The van der Waals surface area contributed by atoms with Gasteiger partial charge in [0.25, 0.3) is 0 Å². The number of benzene rings is 3. The van der Waals surface area contributed by atoms with E-state index in [-0.39, 0.29) is 6.42 Å². The molecule has 7 heteroatoms. The molecule has 172 valence electrons. The third-order valence-electron chi connectivity index (χ3n) is 4.83. The molecule has 0 radical (unpaired) electrons. The minimum Gasteiger partial charge on any atom is -0.493 e. The van der Waals surface area contributed by atoms with Crippen LogP contribution in [0.15, 0.2) is 89.9 Å². The molecule has 0 N–H and O–H groups in total. The molecule has 0 aromatic heterocycles. The second kappa shape index (κ2) is 11.3. The fourth-order valence-corrected chi connectivity index (χ4v) is 3.25. The van der Waals surface area contributed by atoms with E-state index in [9.17, 15) is 18.0 Å². The number of alkyl halides is 3. The lowest BCUT2D eigenvalue weighted by atomic mass is 10.0. The number of methoxy groups -OCH3 is 1. The molecular formula is C26H24F3NO3. The molecule has 3 aromatic carbocycles. The first-order valence-corrected chi connectivity index (χ1v) is 10.4. The highest BCUT2D eigenvalue weighted by Gasteiger charge is 2.27. The van der Waals surface area contributed by atoms with Crippen molar-refractivity contribution in [2.24, 2.45) is 4.99 Å². The Bertz CT molecular complexity index is 1030. The van der Waals surface area contributed by atoms with Gasteiger partial charge in [0.2, 0.25) is 0 Å². The Kier molecular flexibility index (Phi) is 8.24. The minimum atomic E-state index is -4.28. The molecular weight excluding hydrogens is 431 g/mol. The van der Waals surface area contributed by atoms with Gasteiger partial charge in [-0.1, -0.05) is 72.8 Å². The normalized spacial score (nSPS) is 12.0. The summed E-state index contributed by atoms with van der Waals surface area (Å²) in [7, 11) is 1.30. The van der Waals surface area contributed by atoms with Gasteiger partial charge in [-0.15, -0.1) is 0 Å². The molecule has 0 aliphatic heterocycles. The average Bonchev–Trinajstić information content (AvgIpc) is 2.82. The number of esters is 1. The van der Waals surface area contributed by atoms with Gasteiger partial charge in [0.1, 0.15) is 5.75 Å². The predicted octanol–water partition coefficient (Wildman–Crippen LogP) is 5.64. The molecule has 4 nitrogen and oxygen atoms in total. The third kappa shape index (κ3) is 7.49. The van der Waals surface area contributed by atoms with Crippen molar-refractivity contribution in [3.63, 3.8) is 0 Å². The number of aliphatic imine (C=N–C) groups is 1. The highest BCUT2D eigenvalue weighted by molar-refractivity contribution is 6.13. The largest absolute Gasteiger partial charge is 0.493 e. The van der Waals surface area contributed by atoms with Crippen LogP contribution >= 0.6 is 0 Å². The molecule has 0 heterocycles. The number of carbonyl (C=O) groups is 1. The van der Waals surface area contributed by atoms with E-state index in [1.54, 1.807) is 24.3 Å². The van der Waals surface area contributed by atoms with E-state index in [1.165, 1.54) is 7.11 Å². The molecule has 0 saturated heterocycles. The van der Waals surface area contributed by atoms with Crippen molar-refractivity contribution in [1.82, 2.24) is 0 Å². The van der Waals surface area contributed by atoms with Gasteiger partial charge in [0, 0.05) is 17.5 Å². The molecule has 3 aromatic rings. The zero-order valence-corrected chi connectivity index (χ0v) is 18.1. The van der Waals surface area contributed by atoms with Crippen LogP contribution in [0.2, 0.25) is 0 Å². The Balaban J connectivity index is 1.88. The number of nitrogens with zero attached hydrogens (tertiary/aromatic N) is 1. The summed E-state index contributed by atoms with van der Waals surface area (Å²) >= 11 is 0. The smallest absolute Gasteiger partial charge is 0.392 e. The van der Waals surface area contributed by atoms with Gasteiger partial charge >= 0.3 is 12.1 Å². The maximum atomic E-state index is 12.6. The second-order valence-corrected chi connectivity index (χ2v) is 7.31. The Morgan fingerprint density at radius 2 is 1.52 bits per heavy atom. The molecule has 33 heavy (non-hydrogen) atoms. The van der Waals surface area contributed by atoms with Crippen LogP contribution in [0.4, 0.5) is 13.2 Å². The molecule has 0 amide bonds. The van der Waals surface area contributed by atoms with E-state index >= 15 is 0 Å². The highest BCUT2D eigenvalue weighted by Crippen LogP contribution is 2.22. The standard InChI is InChI=1S/C26H24F3NO3/c1-32-25(31)23(18-19-9-8-14-22(17-19)33-16-15-26(27,28)29)30-24(20-10-4-2-5-11-20)21-12-6-3-7-13-21/h2-14,17,23H,15-16,18H2,1H3. The summed E-state index contributed by atoms with van der Waals surface area (Å²) in [6, 6.07) is 24.8. The van der Waals surface area contributed by atoms with E-state index < -0.39 is 31.2 Å². The monoisotopic (exact) mass is 455 g/mol. The fourth-order valence-electron chi connectivity index (χ4n) is 3.25. The minimum absolute atomic E-state index is 0.201. The molecule has 1 atom stereocenters. The molecule has 1 unspecified atom stereocenters. The number of hydrogen-bond acceptors (Lipinski definition) is 4. The van der Waals surface area contributed by atoms with E-state index in [0.29, 0.717) is 17.0 Å². The summed E-state index contributed by atoms with van der Waals surface area (Å²) in [5.74, 6) is -0.210. The Morgan fingerprint density at radius 1 is 0.909 bits per heavy atom. The number of halogens is 3. The van der Waals surface area contributed by atoms with Crippen LogP contribution < -0.4 is 4.74 Å². The zero-order valence-electron chi connectivity index (χ0n) is 18.1. The summed E-state index contributed by atoms with van der Waals surface area (Å²) in [6.45, 7) is -0.475. The lowest BCUT2D eigenvalue weighted by molar-refractivity contribution is -0.142. The molecule has 0 aliphatic rings. The fraction of sp³-hybridized carbons (Fsp3) is 0.231. The van der Waals surface area contributed by atoms with E-state index in [0.717, 1.165) is 11.1 Å². The van der Waals surface area contributed by atoms with Crippen molar-refractivity contribution in [1.29, 1.82) is 0 Å². The first-order chi connectivity index (χ1) is 15.9. The molecule has 0 aliphatic carbocycles. The van der Waals surface area contributed by atoms with E-state index in [4.69, 9.17) is 14.5 Å². The quantitative estimate of drug-likeness (QED) is 0.310. The van der Waals surface area contributed by atoms with Crippen LogP contribution in [0.1, 0.15) is 23.1 Å². The van der Waals surface area contributed by atoms with E-state index in [2.05, 4.69) is 0 Å². The topological polar surface area (TPSA) is 47.9 Å². The Morgan fingerprint density at radius 3 is 2.06 bits per heavy atom. The number of carbonyl (C=O) groups excluding carboxylic acids is 1. The van der Waals surface area contributed by atoms with Gasteiger partial charge in [-0.3, -0.25) is 4.99 Å². The van der Waals surface area contributed by atoms with Crippen molar-refractivity contribution in [3.05, 3.63) is 102 Å². The van der Waals surface area contributed by atoms with Crippen molar-refractivity contribution >= 4 is 11.7 Å². The van der Waals surface area contributed by atoms with Crippen LogP contribution in [-0.2, 0) is 16.0 Å². The van der Waals surface area contributed by atoms with Crippen molar-refractivity contribution < 1.29 is 27.4 Å². The van der Waals surface area contributed by atoms with Gasteiger partial charge in [-0.2, -0.15) is 13.2 Å². The maximum absolute atomic E-state index is 12.6. The average molecular weight is 455 g/mol. The lowest BCUT2D eigenvalue weighted by Crippen LogP contribution is -2.25. The summed E-state index contributed by atoms with van der Waals surface area (Å²) < 4.78 is 47.4. The summed E-state index contributed by atoms with van der Waals surface area (Å²) in [5.41, 5.74) is 3.03. The van der Waals surface area contributed by atoms with Crippen LogP contribution in [-0.4, -0.2) is 37.6 Å². The Labute approximate surface area is 190 Å².